The highest BCUT2D eigenvalue weighted by Crippen LogP contribution is 2.22. The Hall–Kier alpha value is -1.97. The predicted octanol–water partition coefficient (Wildman–Crippen LogP) is 3.65. The first kappa shape index (κ1) is 15.9. The number of nitrogens with zero attached hydrogens (tertiary/aromatic N) is 1. The van der Waals surface area contributed by atoms with Gasteiger partial charge in [-0.25, -0.2) is 0 Å². The van der Waals surface area contributed by atoms with Crippen molar-refractivity contribution in [1.29, 1.82) is 0 Å². The number of aromatic amines is 1. The molecule has 0 atom stereocenters. The minimum Gasteiger partial charge on any atom is -0.370 e. The maximum absolute atomic E-state index is 6.07. The van der Waals surface area contributed by atoms with Gasteiger partial charge >= 0.3 is 0 Å². The van der Waals surface area contributed by atoms with E-state index in [0.29, 0.717) is 12.0 Å². The molecule has 0 spiro atoms. The number of guanidine groups is 1. The molecule has 3 rings (SSSR count). The van der Waals surface area contributed by atoms with Gasteiger partial charge in [0.05, 0.1) is 0 Å². The first-order valence-electron chi connectivity index (χ1n) is 8.86. The number of nitrogens with one attached hydrogen (secondary N) is 2. The molecule has 1 saturated carbocycles. The third kappa shape index (κ3) is 4.06. The van der Waals surface area contributed by atoms with E-state index in [0.717, 1.165) is 13.0 Å². The van der Waals surface area contributed by atoms with Crippen molar-refractivity contribution < 1.29 is 0 Å². The van der Waals surface area contributed by atoms with E-state index in [-0.39, 0.29) is 0 Å². The first-order valence-corrected chi connectivity index (χ1v) is 8.86. The average Bonchev–Trinajstić information content (AvgIpc) is 2.78. The lowest BCUT2D eigenvalue weighted by molar-refractivity contribution is 0.530. The Morgan fingerprint density at radius 1 is 1.26 bits per heavy atom. The molecule has 0 radical (unpaired) electrons. The largest absolute Gasteiger partial charge is 0.370 e. The Morgan fingerprint density at radius 3 is 2.83 bits per heavy atom. The van der Waals surface area contributed by atoms with Gasteiger partial charge in [-0.3, -0.25) is 4.99 Å². The van der Waals surface area contributed by atoms with Crippen LogP contribution in [-0.4, -0.2) is 23.5 Å². The highest BCUT2D eigenvalue weighted by atomic mass is 15.1. The third-order valence-corrected chi connectivity index (χ3v) is 4.87. The van der Waals surface area contributed by atoms with E-state index < -0.39 is 0 Å². The van der Waals surface area contributed by atoms with Crippen LogP contribution in [0, 0.1) is 6.92 Å². The summed E-state index contributed by atoms with van der Waals surface area (Å²) in [5, 5.41) is 4.74. The second kappa shape index (κ2) is 7.53. The van der Waals surface area contributed by atoms with E-state index in [1.807, 2.05) is 0 Å². The number of nitrogens with two attached hydrogens (primary N) is 1. The van der Waals surface area contributed by atoms with Crippen molar-refractivity contribution in [1.82, 2.24) is 10.3 Å². The van der Waals surface area contributed by atoms with E-state index in [1.165, 1.54) is 60.6 Å². The number of hydrogen-bond acceptors (Lipinski definition) is 1. The van der Waals surface area contributed by atoms with Crippen LogP contribution in [0.2, 0.25) is 0 Å². The Kier molecular flexibility index (Phi) is 5.21. The van der Waals surface area contributed by atoms with Crippen molar-refractivity contribution in [2.75, 3.05) is 6.54 Å². The highest BCUT2D eigenvalue weighted by molar-refractivity contribution is 5.86. The zero-order valence-electron chi connectivity index (χ0n) is 14.1. The molecular formula is C19H28N4. The molecule has 0 bridgehead atoms. The summed E-state index contributed by atoms with van der Waals surface area (Å²) in [7, 11) is 0. The zero-order valence-corrected chi connectivity index (χ0v) is 14.1. The van der Waals surface area contributed by atoms with Crippen molar-refractivity contribution >= 4 is 16.9 Å². The van der Waals surface area contributed by atoms with E-state index >= 15 is 0 Å². The minimum absolute atomic E-state index is 0.511. The molecule has 0 aliphatic heterocycles. The third-order valence-electron chi connectivity index (χ3n) is 4.87. The smallest absolute Gasteiger partial charge is 0.188 e. The van der Waals surface area contributed by atoms with Crippen molar-refractivity contribution in [2.45, 2.75) is 57.9 Å². The predicted molar refractivity (Wildman–Crippen MR) is 97.9 cm³/mol. The molecule has 0 saturated heterocycles. The van der Waals surface area contributed by atoms with Crippen molar-refractivity contribution in [3.8, 4) is 0 Å². The van der Waals surface area contributed by atoms with Gasteiger partial charge in [-0.15, -0.1) is 0 Å². The molecule has 1 fully saturated rings. The van der Waals surface area contributed by atoms with E-state index in [2.05, 4.69) is 46.6 Å². The molecule has 23 heavy (non-hydrogen) atoms. The number of benzene rings is 1. The topological polar surface area (TPSA) is 66.2 Å². The summed E-state index contributed by atoms with van der Waals surface area (Å²) >= 11 is 0. The summed E-state index contributed by atoms with van der Waals surface area (Å²) in [5.41, 5.74) is 9.91. The van der Waals surface area contributed by atoms with Crippen LogP contribution in [0.5, 0.6) is 0 Å². The molecule has 0 amide bonds. The molecule has 1 aromatic carbocycles. The Bertz CT molecular complexity index is 663. The number of aryl methyl sites for hydroxylation is 1. The van der Waals surface area contributed by atoms with Crippen molar-refractivity contribution in [3.63, 3.8) is 0 Å². The summed E-state index contributed by atoms with van der Waals surface area (Å²) in [6.45, 7) is 2.89. The van der Waals surface area contributed by atoms with Gasteiger partial charge in [-0.05, 0) is 43.4 Å². The summed E-state index contributed by atoms with van der Waals surface area (Å²) < 4.78 is 0. The molecule has 1 heterocycles. The summed E-state index contributed by atoms with van der Waals surface area (Å²) in [4.78, 5) is 7.87. The van der Waals surface area contributed by atoms with E-state index in [1.54, 1.807) is 0 Å². The van der Waals surface area contributed by atoms with Gasteiger partial charge in [-0.1, -0.05) is 37.8 Å². The Balaban J connectivity index is 1.56. The van der Waals surface area contributed by atoms with Gasteiger partial charge in [0.15, 0.2) is 5.96 Å². The van der Waals surface area contributed by atoms with Crippen molar-refractivity contribution in [2.24, 2.45) is 10.7 Å². The van der Waals surface area contributed by atoms with Crippen LogP contribution in [0.25, 0.3) is 10.9 Å². The maximum Gasteiger partial charge on any atom is 0.188 e. The molecular weight excluding hydrogens is 284 g/mol. The van der Waals surface area contributed by atoms with Crippen LogP contribution in [0.4, 0.5) is 0 Å². The van der Waals surface area contributed by atoms with Gasteiger partial charge in [0.2, 0.25) is 0 Å². The van der Waals surface area contributed by atoms with Gasteiger partial charge < -0.3 is 16.0 Å². The fraction of sp³-hybridized carbons (Fsp3) is 0.526. The lowest BCUT2D eigenvalue weighted by Gasteiger charge is -2.16. The minimum atomic E-state index is 0.511. The van der Waals surface area contributed by atoms with Crippen LogP contribution >= 0.6 is 0 Å². The molecule has 4 heteroatoms. The lowest BCUT2D eigenvalue weighted by atomic mass is 10.1. The van der Waals surface area contributed by atoms with Crippen LogP contribution in [0.1, 0.15) is 49.7 Å². The lowest BCUT2D eigenvalue weighted by Crippen LogP contribution is -2.40. The molecule has 1 aliphatic carbocycles. The molecule has 124 valence electrons. The van der Waals surface area contributed by atoms with Crippen LogP contribution in [0.15, 0.2) is 29.4 Å². The first-order chi connectivity index (χ1) is 11.2. The highest BCUT2D eigenvalue weighted by Gasteiger charge is 2.12. The van der Waals surface area contributed by atoms with Crippen LogP contribution < -0.4 is 11.1 Å². The Labute approximate surface area is 138 Å². The number of H-pyrrole nitrogens is 1. The van der Waals surface area contributed by atoms with E-state index in [9.17, 15) is 0 Å². The Morgan fingerprint density at radius 2 is 2.04 bits per heavy atom. The summed E-state index contributed by atoms with van der Waals surface area (Å²) in [6.07, 6.45) is 10.8. The van der Waals surface area contributed by atoms with Gasteiger partial charge in [0.25, 0.3) is 0 Å². The quantitative estimate of drug-likeness (QED) is 0.458. The SMILES string of the molecule is Cc1cccc2[nH]cc(CCN=C(N)NC3CCCCCC3)c12. The van der Waals surface area contributed by atoms with Gasteiger partial charge in [0, 0.05) is 29.7 Å². The number of fused-ring (bicyclic) bond motifs is 1. The van der Waals surface area contributed by atoms with Gasteiger partial charge in [0.1, 0.15) is 0 Å². The summed E-state index contributed by atoms with van der Waals surface area (Å²) in [6, 6.07) is 6.88. The number of aromatic nitrogens is 1. The second-order valence-electron chi connectivity index (χ2n) is 6.66. The standard InChI is InChI=1S/C19H28N4/c1-14-7-6-10-17-18(14)15(13-22-17)11-12-21-19(20)23-16-8-4-2-3-5-9-16/h6-7,10,13,16,22H,2-5,8-9,11-12H2,1H3,(H3,20,21,23). The van der Waals surface area contributed by atoms with Crippen LogP contribution in [0.3, 0.4) is 0 Å². The number of rotatable bonds is 4. The second-order valence-corrected chi connectivity index (χ2v) is 6.66. The number of aliphatic imine (C=N–C) groups is 1. The molecule has 4 N–H and O–H groups in total. The zero-order chi connectivity index (χ0) is 16.1. The number of hydrogen-bond donors (Lipinski definition) is 3. The maximum atomic E-state index is 6.07. The van der Waals surface area contributed by atoms with Crippen molar-refractivity contribution in [3.05, 3.63) is 35.5 Å². The summed E-state index contributed by atoms with van der Waals surface area (Å²) in [5.74, 6) is 0.605. The fourth-order valence-corrected chi connectivity index (χ4v) is 3.62. The molecule has 1 aromatic heterocycles. The molecule has 1 aliphatic rings. The molecule has 0 unspecified atom stereocenters. The van der Waals surface area contributed by atoms with E-state index in [4.69, 9.17) is 5.73 Å². The monoisotopic (exact) mass is 312 g/mol. The van der Waals surface area contributed by atoms with Gasteiger partial charge in [-0.2, -0.15) is 0 Å². The fourth-order valence-electron chi connectivity index (χ4n) is 3.62. The molecule has 2 aromatic rings. The average molecular weight is 312 g/mol. The molecule has 4 nitrogen and oxygen atoms in total. The normalized spacial score (nSPS) is 17.3. The van der Waals surface area contributed by atoms with Crippen LogP contribution in [-0.2, 0) is 6.42 Å².